The minimum Gasteiger partial charge on any atom is -0.508 e. The van der Waals surface area contributed by atoms with Crippen molar-refractivity contribution in [2.45, 2.75) is 58.4 Å². The summed E-state index contributed by atoms with van der Waals surface area (Å²) < 4.78 is 0. The summed E-state index contributed by atoms with van der Waals surface area (Å²) in [5.74, 6) is 0.440. The van der Waals surface area contributed by atoms with Gasteiger partial charge in [0.05, 0.1) is 0 Å². The van der Waals surface area contributed by atoms with Crippen molar-refractivity contribution >= 4 is 0 Å². The van der Waals surface area contributed by atoms with Gasteiger partial charge in [-0.15, -0.1) is 0 Å². The number of benzene rings is 1. The van der Waals surface area contributed by atoms with Crippen LogP contribution in [0, 0.1) is 6.92 Å². The standard InChI is InChI=1S/C16H25NO/c1-11-9-13(16(2,3)4)15(18)10-12(11)14-7-5-6-8-17-14/h9-10,14,17-18H,5-8H2,1-4H3. The zero-order chi connectivity index (χ0) is 13.3. The first-order chi connectivity index (χ1) is 8.39. The number of phenolic OH excluding ortho intramolecular Hbond substituents is 1. The fourth-order valence-corrected chi connectivity index (χ4v) is 2.81. The highest BCUT2D eigenvalue weighted by Gasteiger charge is 2.22. The molecule has 2 heteroatoms. The molecular formula is C16H25NO. The van der Waals surface area contributed by atoms with Gasteiger partial charge in [-0.05, 0) is 54.5 Å². The minimum absolute atomic E-state index is 0.00658. The van der Waals surface area contributed by atoms with E-state index in [1.54, 1.807) is 0 Å². The molecule has 1 aromatic rings. The number of hydrogen-bond acceptors (Lipinski definition) is 2. The fourth-order valence-electron chi connectivity index (χ4n) is 2.81. The molecule has 1 heterocycles. The lowest BCUT2D eigenvalue weighted by atomic mass is 9.83. The largest absolute Gasteiger partial charge is 0.508 e. The second-order valence-corrected chi connectivity index (χ2v) is 6.48. The van der Waals surface area contributed by atoms with Gasteiger partial charge in [-0.25, -0.2) is 0 Å². The van der Waals surface area contributed by atoms with Crippen LogP contribution in [0.3, 0.4) is 0 Å². The van der Waals surface area contributed by atoms with Crippen molar-refractivity contribution in [1.82, 2.24) is 5.32 Å². The van der Waals surface area contributed by atoms with Crippen molar-refractivity contribution in [2.75, 3.05) is 6.54 Å². The van der Waals surface area contributed by atoms with Crippen LogP contribution in [0.1, 0.15) is 62.8 Å². The van der Waals surface area contributed by atoms with Crippen LogP contribution in [-0.4, -0.2) is 11.7 Å². The first kappa shape index (κ1) is 13.4. The van der Waals surface area contributed by atoms with Crippen molar-refractivity contribution in [1.29, 1.82) is 0 Å². The van der Waals surface area contributed by atoms with Crippen molar-refractivity contribution in [3.05, 3.63) is 28.8 Å². The van der Waals surface area contributed by atoms with E-state index in [2.05, 4.69) is 39.1 Å². The van der Waals surface area contributed by atoms with Gasteiger partial charge in [0.25, 0.3) is 0 Å². The van der Waals surface area contributed by atoms with E-state index in [1.807, 2.05) is 6.07 Å². The van der Waals surface area contributed by atoms with Gasteiger partial charge in [-0.1, -0.05) is 33.3 Å². The van der Waals surface area contributed by atoms with Gasteiger partial charge in [0.2, 0.25) is 0 Å². The average Bonchev–Trinajstić information content (AvgIpc) is 2.31. The number of aromatic hydroxyl groups is 1. The molecular weight excluding hydrogens is 222 g/mol. The van der Waals surface area contributed by atoms with Gasteiger partial charge in [0.1, 0.15) is 5.75 Å². The molecule has 1 saturated heterocycles. The predicted octanol–water partition coefficient (Wildman–Crippen LogP) is 3.81. The molecule has 0 spiro atoms. The summed E-state index contributed by atoms with van der Waals surface area (Å²) >= 11 is 0. The monoisotopic (exact) mass is 247 g/mol. The topological polar surface area (TPSA) is 32.3 Å². The molecule has 1 aliphatic rings. The Morgan fingerprint density at radius 2 is 1.94 bits per heavy atom. The van der Waals surface area contributed by atoms with Crippen LogP contribution in [0.5, 0.6) is 5.75 Å². The van der Waals surface area contributed by atoms with Crippen LogP contribution in [-0.2, 0) is 5.41 Å². The molecule has 1 aliphatic heterocycles. The smallest absolute Gasteiger partial charge is 0.119 e. The molecule has 2 nitrogen and oxygen atoms in total. The van der Waals surface area contributed by atoms with Crippen LogP contribution in [0.15, 0.2) is 12.1 Å². The van der Waals surface area contributed by atoms with E-state index in [0.29, 0.717) is 11.8 Å². The summed E-state index contributed by atoms with van der Waals surface area (Å²) in [6.07, 6.45) is 3.72. The Balaban J connectivity index is 2.36. The third-order valence-electron chi connectivity index (χ3n) is 3.88. The Morgan fingerprint density at radius 1 is 1.22 bits per heavy atom. The van der Waals surface area contributed by atoms with Crippen LogP contribution in [0.4, 0.5) is 0 Å². The van der Waals surface area contributed by atoms with E-state index >= 15 is 0 Å². The highest BCUT2D eigenvalue weighted by atomic mass is 16.3. The molecule has 1 atom stereocenters. The molecule has 0 aliphatic carbocycles. The first-order valence-electron chi connectivity index (χ1n) is 6.97. The van der Waals surface area contributed by atoms with Gasteiger partial charge in [0.15, 0.2) is 0 Å². The van der Waals surface area contributed by atoms with E-state index in [-0.39, 0.29) is 5.41 Å². The van der Waals surface area contributed by atoms with Crippen molar-refractivity contribution in [2.24, 2.45) is 0 Å². The quantitative estimate of drug-likeness (QED) is 0.791. The molecule has 1 unspecified atom stereocenters. The second kappa shape index (κ2) is 4.93. The van der Waals surface area contributed by atoms with Crippen LogP contribution >= 0.6 is 0 Å². The maximum Gasteiger partial charge on any atom is 0.119 e. The van der Waals surface area contributed by atoms with Crippen LogP contribution in [0.2, 0.25) is 0 Å². The summed E-state index contributed by atoms with van der Waals surface area (Å²) in [7, 11) is 0. The Kier molecular flexibility index (Phi) is 3.67. The van der Waals surface area contributed by atoms with Gasteiger partial charge in [0, 0.05) is 6.04 Å². The lowest BCUT2D eigenvalue weighted by Gasteiger charge is -2.28. The van der Waals surface area contributed by atoms with Crippen LogP contribution in [0.25, 0.3) is 0 Å². The molecule has 2 rings (SSSR count). The number of phenols is 1. The molecule has 1 fully saturated rings. The SMILES string of the molecule is Cc1cc(C(C)(C)C)c(O)cc1C1CCCCN1. The lowest BCUT2D eigenvalue weighted by Crippen LogP contribution is -2.27. The number of rotatable bonds is 1. The Bertz CT molecular complexity index is 425. The lowest BCUT2D eigenvalue weighted by molar-refractivity contribution is 0.405. The predicted molar refractivity (Wildman–Crippen MR) is 76.1 cm³/mol. The van der Waals surface area contributed by atoms with Gasteiger partial charge in [-0.2, -0.15) is 0 Å². The number of nitrogens with one attached hydrogen (secondary N) is 1. The highest BCUT2D eigenvalue weighted by molar-refractivity contribution is 5.46. The molecule has 0 radical (unpaired) electrons. The van der Waals surface area contributed by atoms with Gasteiger partial charge in [-0.3, -0.25) is 0 Å². The molecule has 2 N–H and O–H groups in total. The average molecular weight is 247 g/mol. The number of hydrogen-bond donors (Lipinski definition) is 2. The number of piperidine rings is 1. The van der Waals surface area contributed by atoms with E-state index in [9.17, 15) is 5.11 Å². The Labute approximate surface area is 110 Å². The molecule has 1 aromatic carbocycles. The molecule has 0 amide bonds. The molecule has 0 bridgehead atoms. The maximum absolute atomic E-state index is 10.3. The van der Waals surface area contributed by atoms with E-state index in [0.717, 1.165) is 12.1 Å². The van der Waals surface area contributed by atoms with E-state index in [4.69, 9.17) is 0 Å². The van der Waals surface area contributed by atoms with Crippen molar-refractivity contribution < 1.29 is 5.11 Å². The Hall–Kier alpha value is -1.02. The normalized spacial score (nSPS) is 21.0. The minimum atomic E-state index is -0.00658. The van der Waals surface area contributed by atoms with E-state index in [1.165, 1.54) is 30.4 Å². The summed E-state index contributed by atoms with van der Waals surface area (Å²) in [5.41, 5.74) is 3.59. The van der Waals surface area contributed by atoms with E-state index < -0.39 is 0 Å². The third kappa shape index (κ3) is 2.69. The molecule has 0 saturated carbocycles. The molecule has 0 aromatic heterocycles. The van der Waals surface area contributed by atoms with Gasteiger partial charge >= 0.3 is 0 Å². The number of aryl methyl sites for hydroxylation is 1. The molecule has 18 heavy (non-hydrogen) atoms. The molecule has 100 valence electrons. The maximum atomic E-state index is 10.3. The highest BCUT2D eigenvalue weighted by Crippen LogP contribution is 2.36. The summed E-state index contributed by atoms with van der Waals surface area (Å²) in [5, 5.41) is 13.8. The summed E-state index contributed by atoms with van der Waals surface area (Å²) in [6.45, 7) is 9.66. The fraction of sp³-hybridized carbons (Fsp3) is 0.625. The van der Waals surface area contributed by atoms with Gasteiger partial charge < -0.3 is 10.4 Å². The van der Waals surface area contributed by atoms with Crippen molar-refractivity contribution in [3.63, 3.8) is 0 Å². The van der Waals surface area contributed by atoms with Crippen molar-refractivity contribution in [3.8, 4) is 5.75 Å². The zero-order valence-electron chi connectivity index (χ0n) is 12.0. The summed E-state index contributed by atoms with van der Waals surface area (Å²) in [6, 6.07) is 4.54. The first-order valence-corrected chi connectivity index (χ1v) is 6.97. The van der Waals surface area contributed by atoms with Crippen LogP contribution < -0.4 is 5.32 Å². The second-order valence-electron chi connectivity index (χ2n) is 6.48. The Morgan fingerprint density at radius 3 is 2.50 bits per heavy atom. The summed E-state index contributed by atoms with van der Waals surface area (Å²) in [4.78, 5) is 0. The third-order valence-corrected chi connectivity index (χ3v) is 3.88. The zero-order valence-corrected chi connectivity index (χ0v) is 12.0.